The lowest BCUT2D eigenvalue weighted by Crippen LogP contribution is -2.53. The molecule has 0 saturated carbocycles. The minimum atomic E-state index is -0.826. The van der Waals surface area contributed by atoms with Crippen LogP contribution < -0.4 is 4.90 Å². The average Bonchev–Trinajstić information content (AvgIpc) is 2.29. The van der Waals surface area contributed by atoms with E-state index < -0.39 is 6.09 Å². The van der Waals surface area contributed by atoms with E-state index in [1.165, 1.54) is 4.90 Å². The van der Waals surface area contributed by atoms with Crippen molar-refractivity contribution in [2.24, 2.45) is 0 Å². The summed E-state index contributed by atoms with van der Waals surface area (Å²) < 4.78 is 1.05. The molecular formula is C12H15BrN2O2. The highest BCUT2D eigenvalue weighted by Crippen LogP contribution is 2.21. The molecule has 0 aliphatic carbocycles. The summed E-state index contributed by atoms with van der Waals surface area (Å²) in [6.45, 7) is 4.00. The molecule has 0 radical (unpaired) electrons. The molecule has 1 aromatic rings. The molecule has 4 nitrogen and oxygen atoms in total. The fourth-order valence-electron chi connectivity index (χ4n) is 2.13. The summed E-state index contributed by atoms with van der Waals surface area (Å²) in [6, 6.07) is 8.14. The number of anilines is 1. The van der Waals surface area contributed by atoms with E-state index in [1.807, 2.05) is 31.2 Å². The van der Waals surface area contributed by atoms with E-state index in [1.54, 1.807) is 0 Å². The van der Waals surface area contributed by atoms with Gasteiger partial charge in [0.1, 0.15) is 0 Å². The number of hydrogen-bond acceptors (Lipinski definition) is 2. The molecule has 0 aromatic heterocycles. The molecule has 1 amide bonds. The molecule has 0 spiro atoms. The van der Waals surface area contributed by atoms with E-state index in [9.17, 15) is 4.79 Å². The Morgan fingerprint density at radius 1 is 1.35 bits per heavy atom. The van der Waals surface area contributed by atoms with Gasteiger partial charge in [0, 0.05) is 35.8 Å². The van der Waals surface area contributed by atoms with Gasteiger partial charge >= 0.3 is 6.09 Å². The van der Waals surface area contributed by atoms with Gasteiger partial charge in [-0.05, 0) is 31.2 Å². The first-order valence-corrected chi connectivity index (χ1v) is 6.37. The van der Waals surface area contributed by atoms with Crippen molar-refractivity contribution in [3.63, 3.8) is 0 Å². The molecule has 1 unspecified atom stereocenters. The second-order valence-corrected chi connectivity index (χ2v) is 5.16. The van der Waals surface area contributed by atoms with Gasteiger partial charge in [0.25, 0.3) is 0 Å². The Morgan fingerprint density at radius 2 is 2.00 bits per heavy atom. The van der Waals surface area contributed by atoms with Crippen molar-refractivity contribution in [1.29, 1.82) is 0 Å². The Balaban J connectivity index is 2.06. The monoisotopic (exact) mass is 298 g/mol. The number of amides is 1. The predicted molar refractivity (Wildman–Crippen MR) is 70.5 cm³/mol. The standard InChI is InChI=1S/C12H15BrN2O2/c1-9-8-14(6-7-15(9)12(16)17)11-4-2-10(13)3-5-11/h2-5,9H,6-8H2,1H3,(H,16,17). The van der Waals surface area contributed by atoms with Crippen molar-refractivity contribution >= 4 is 27.7 Å². The molecule has 1 N–H and O–H groups in total. The van der Waals surface area contributed by atoms with E-state index in [2.05, 4.69) is 20.8 Å². The van der Waals surface area contributed by atoms with Crippen LogP contribution in [0.4, 0.5) is 10.5 Å². The van der Waals surface area contributed by atoms with E-state index in [4.69, 9.17) is 5.11 Å². The second kappa shape index (κ2) is 4.96. The molecule has 1 aliphatic heterocycles. The smallest absolute Gasteiger partial charge is 0.407 e. The minimum absolute atomic E-state index is 0.0323. The maximum absolute atomic E-state index is 11.0. The third-order valence-electron chi connectivity index (χ3n) is 3.06. The summed E-state index contributed by atoms with van der Waals surface area (Å²) in [5, 5.41) is 9.00. The Kier molecular flexibility index (Phi) is 3.57. The summed E-state index contributed by atoms with van der Waals surface area (Å²) in [5.41, 5.74) is 1.14. The zero-order chi connectivity index (χ0) is 12.4. The van der Waals surface area contributed by atoms with Crippen molar-refractivity contribution < 1.29 is 9.90 Å². The molecular weight excluding hydrogens is 284 g/mol. The van der Waals surface area contributed by atoms with E-state index in [0.717, 1.165) is 23.2 Å². The number of benzene rings is 1. The summed E-state index contributed by atoms with van der Waals surface area (Å²) in [6.07, 6.45) is -0.826. The third kappa shape index (κ3) is 2.72. The lowest BCUT2D eigenvalue weighted by Gasteiger charge is -2.39. The Morgan fingerprint density at radius 3 is 2.53 bits per heavy atom. The van der Waals surface area contributed by atoms with Crippen molar-refractivity contribution in [2.45, 2.75) is 13.0 Å². The van der Waals surface area contributed by atoms with Gasteiger partial charge < -0.3 is 14.9 Å². The summed E-state index contributed by atoms with van der Waals surface area (Å²) in [5.74, 6) is 0. The summed E-state index contributed by atoms with van der Waals surface area (Å²) >= 11 is 3.41. The van der Waals surface area contributed by atoms with Gasteiger partial charge in [0.2, 0.25) is 0 Å². The number of piperazine rings is 1. The van der Waals surface area contributed by atoms with E-state index in [-0.39, 0.29) is 6.04 Å². The van der Waals surface area contributed by atoms with Crippen molar-refractivity contribution in [3.8, 4) is 0 Å². The van der Waals surface area contributed by atoms with Crippen molar-refractivity contribution in [1.82, 2.24) is 4.90 Å². The van der Waals surface area contributed by atoms with E-state index >= 15 is 0 Å². The lowest BCUT2D eigenvalue weighted by atomic mass is 10.2. The highest BCUT2D eigenvalue weighted by Gasteiger charge is 2.26. The first-order chi connectivity index (χ1) is 8.08. The molecule has 1 fully saturated rings. The molecule has 0 bridgehead atoms. The highest BCUT2D eigenvalue weighted by molar-refractivity contribution is 9.10. The van der Waals surface area contributed by atoms with Crippen LogP contribution >= 0.6 is 15.9 Å². The molecule has 1 saturated heterocycles. The average molecular weight is 299 g/mol. The normalized spacial score (nSPS) is 20.5. The van der Waals surface area contributed by atoms with Crippen LogP contribution in [0.5, 0.6) is 0 Å². The Bertz CT molecular complexity index is 407. The van der Waals surface area contributed by atoms with Gasteiger partial charge in [-0.25, -0.2) is 4.79 Å². The number of carboxylic acid groups (broad SMARTS) is 1. The number of rotatable bonds is 1. The minimum Gasteiger partial charge on any atom is -0.465 e. The quantitative estimate of drug-likeness (QED) is 0.867. The predicted octanol–water partition coefficient (Wildman–Crippen LogP) is 2.64. The molecule has 1 aromatic carbocycles. The molecule has 1 heterocycles. The number of nitrogens with zero attached hydrogens (tertiary/aromatic N) is 2. The summed E-state index contributed by atoms with van der Waals surface area (Å²) in [7, 11) is 0. The van der Waals surface area contributed by atoms with Crippen LogP contribution in [0.3, 0.4) is 0 Å². The second-order valence-electron chi connectivity index (χ2n) is 4.25. The first-order valence-electron chi connectivity index (χ1n) is 5.58. The number of halogens is 1. The lowest BCUT2D eigenvalue weighted by molar-refractivity contribution is 0.122. The van der Waals surface area contributed by atoms with Gasteiger partial charge in [-0.3, -0.25) is 0 Å². The van der Waals surface area contributed by atoms with Crippen LogP contribution in [0, 0.1) is 0 Å². The van der Waals surface area contributed by atoms with Crippen LogP contribution in [0.15, 0.2) is 28.7 Å². The molecule has 2 rings (SSSR count). The van der Waals surface area contributed by atoms with E-state index in [0.29, 0.717) is 6.54 Å². The SMILES string of the molecule is CC1CN(c2ccc(Br)cc2)CCN1C(=O)O. The highest BCUT2D eigenvalue weighted by atomic mass is 79.9. The molecule has 5 heteroatoms. The van der Waals surface area contributed by atoms with Gasteiger partial charge in [-0.15, -0.1) is 0 Å². The van der Waals surface area contributed by atoms with Crippen molar-refractivity contribution in [2.75, 3.05) is 24.5 Å². The maximum atomic E-state index is 11.0. The third-order valence-corrected chi connectivity index (χ3v) is 3.59. The molecule has 1 atom stereocenters. The first kappa shape index (κ1) is 12.2. The van der Waals surface area contributed by atoms with Crippen LogP contribution in [0.1, 0.15) is 6.92 Å². The largest absolute Gasteiger partial charge is 0.465 e. The maximum Gasteiger partial charge on any atom is 0.407 e. The van der Waals surface area contributed by atoms with Gasteiger partial charge in [0.15, 0.2) is 0 Å². The topological polar surface area (TPSA) is 43.8 Å². The van der Waals surface area contributed by atoms with Crippen LogP contribution in [-0.2, 0) is 0 Å². The Labute approximate surface area is 109 Å². The van der Waals surface area contributed by atoms with Crippen LogP contribution in [0.25, 0.3) is 0 Å². The van der Waals surface area contributed by atoms with Gasteiger partial charge in [-0.2, -0.15) is 0 Å². The van der Waals surface area contributed by atoms with Gasteiger partial charge in [-0.1, -0.05) is 15.9 Å². The zero-order valence-electron chi connectivity index (χ0n) is 9.64. The van der Waals surface area contributed by atoms with Crippen LogP contribution in [-0.4, -0.2) is 41.8 Å². The Hall–Kier alpha value is -1.23. The fraction of sp³-hybridized carbons (Fsp3) is 0.417. The van der Waals surface area contributed by atoms with Crippen molar-refractivity contribution in [3.05, 3.63) is 28.7 Å². The molecule has 92 valence electrons. The number of hydrogen-bond donors (Lipinski definition) is 1. The van der Waals surface area contributed by atoms with Crippen LogP contribution in [0.2, 0.25) is 0 Å². The molecule has 1 aliphatic rings. The van der Waals surface area contributed by atoms with Gasteiger partial charge in [0.05, 0.1) is 0 Å². The summed E-state index contributed by atoms with van der Waals surface area (Å²) in [4.78, 5) is 14.7. The molecule has 17 heavy (non-hydrogen) atoms. The number of carbonyl (C=O) groups is 1. The zero-order valence-corrected chi connectivity index (χ0v) is 11.2. The fourth-order valence-corrected chi connectivity index (χ4v) is 2.39.